The maximum absolute atomic E-state index is 14.4. The van der Waals surface area contributed by atoms with Crippen LogP contribution in [-0.4, -0.2) is 29.4 Å². The number of halogens is 6. The minimum Gasteiger partial charge on any atom is -0.453 e. The molecule has 0 fully saturated rings. The molecular formula is C35H18F6N2O7. The molecule has 0 N–H and O–H groups in total. The minimum atomic E-state index is -5.16. The Kier molecular flexibility index (Phi) is 8.35. The van der Waals surface area contributed by atoms with Crippen LogP contribution in [0.2, 0.25) is 0 Å². The van der Waals surface area contributed by atoms with Crippen LogP contribution in [0.1, 0.15) is 27.0 Å². The van der Waals surface area contributed by atoms with Crippen molar-refractivity contribution in [3.05, 3.63) is 131 Å². The third-order valence-corrected chi connectivity index (χ3v) is 7.36. The first-order chi connectivity index (χ1) is 23.6. The molecular weight excluding hydrogens is 674 g/mol. The fraction of sp³-hybridized carbons (Fsp3) is 0.0571. The second-order valence-electron chi connectivity index (χ2n) is 10.6. The van der Waals surface area contributed by atoms with Crippen LogP contribution in [0.3, 0.4) is 0 Å². The number of alkyl halides is 6. The van der Waals surface area contributed by atoms with E-state index in [1.54, 1.807) is 6.07 Å². The Morgan fingerprint density at radius 2 is 0.980 bits per heavy atom. The smallest absolute Gasteiger partial charge is 0.420 e. The van der Waals surface area contributed by atoms with Crippen LogP contribution in [-0.2, 0) is 31.5 Å². The van der Waals surface area contributed by atoms with E-state index in [-0.39, 0.29) is 5.56 Å². The quantitative estimate of drug-likeness (QED) is 0.108. The van der Waals surface area contributed by atoms with Crippen molar-refractivity contribution in [1.29, 1.82) is 0 Å². The van der Waals surface area contributed by atoms with Crippen molar-refractivity contribution >= 4 is 40.8 Å². The largest absolute Gasteiger partial charge is 0.453 e. The molecule has 0 bridgehead atoms. The van der Waals surface area contributed by atoms with Gasteiger partial charge in [-0.25, -0.2) is 9.80 Å². The first-order valence-electron chi connectivity index (χ1n) is 14.3. The SMILES string of the molecule is O=C(c1ccccc1)c1cccc(Oc2ccc(N3C(=O)C=CC3=O)cc2C(F)(F)F)c1Oc1ccc(N2C(=O)C=CC2=O)cc1C(F)(F)F. The third kappa shape index (κ3) is 6.35. The van der Waals surface area contributed by atoms with Crippen molar-refractivity contribution in [3.63, 3.8) is 0 Å². The molecule has 0 aliphatic carbocycles. The summed E-state index contributed by atoms with van der Waals surface area (Å²) in [6.45, 7) is 0. The molecule has 0 spiro atoms. The van der Waals surface area contributed by atoms with Gasteiger partial charge >= 0.3 is 12.4 Å². The Morgan fingerprint density at radius 1 is 0.520 bits per heavy atom. The van der Waals surface area contributed by atoms with E-state index < -0.39 is 92.8 Å². The first-order valence-corrected chi connectivity index (χ1v) is 14.3. The molecule has 50 heavy (non-hydrogen) atoms. The molecule has 0 unspecified atom stereocenters. The fourth-order valence-corrected chi connectivity index (χ4v) is 5.10. The normalized spacial score (nSPS) is 14.6. The van der Waals surface area contributed by atoms with E-state index in [1.165, 1.54) is 30.3 Å². The van der Waals surface area contributed by atoms with E-state index in [4.69, 9.17) is 9.47 Å². The Labute approximate surface area is 277 Å². The molecule has 4 amide bonds. The number of hydrogen-bond donors (Lipinski definition) is 0. The van der Waals surface area contributed by atoms with Crippen molar-refractivity contribution in [3.8, 4) is 23.0 Å². The Balaban J connectivity index is 1.48. The number of para-hydroxylation sites is 1. The van der Waals surface area contributed by atoms with E-state index in [0.29, 0.717) is 21.9 Å². The van der Waals surface area contributed by atoms with Crippen molar-refractivity contribution in [2.75, 3.05) is 9.80 Å². The zero-order chi connectivity index (χ0) is 36.0. The topological polar surface area (TPSA) is 110 Å². The molecule has 15 heteroatoms. The standard InChI is InChI=1S/C35H18F6N2O7/c36-34(37,38)23-17-20(42-28(44)13-14-29(42)45)9-11-25(23)49-27-8-4-7-22(32(48)19-5-2-1-3-6-19)33(27)50-26-12-10-21(18-24(26)35(39,40)41)43-30(46)15-16-31(43)47/h1-18H. The van der Waals surface area contributed by atoms with Crippen molar-refractivity contribution in [2.45, 2.75) is 12.4 Å². The van der Waals surface area contributed by atoms with Gasteiger partial charge in [0, 0.05) is 29.9 Å². The van der Waals surface area contributed by atoms with Gasteiger partial charge in [-0.3, -0.25) is 24.0 Å². The number of amides is 4. The zero-order valence-corrected chi connectivity index (χ0v) is 24.9. The fourth-order valence-electron chi connectivity index (χ4n) is 5.10. The zero-order valence-electron chi connectivity index (χ0n) is 24.9. The van der Waals surface area contributed by atoms with Gasteiger partial charge < -0.3 is 9.47 Å². The molecule has 0 saturated carbocycles. The van der Waals surface area contributed by atoms with Crippen LogP contribution in [0.5, 0.6) is 23.0 Å². The molecule has 2 heterocycles. The summed E-state index contributed by atoms with van der Waals surface area (Å²) in [6.07, 6.45) is -6.82. The summed E-state index contributed by atoms with van der Waals surface area (Å²) >= 11 is 0. The van der Waals surface area contributed by atoms with Gasteiger partial charge in [-0.05, 0) is 48.5 Å². The predicted molar refractivity (Wildman–Crippen MR) is 163 cm³/mol. The van der Waals surface area contributed by atoms with Crippen molar-refractivity contribution < 1.29 is 59.8 Å². The lowest BCUT2D eigenvalue weighted by molar-refractivity contribution is -0.139. The van der Waals surface area contributed by atoms with Gasteiger partial charge in [-0.1, -0.05) is 36.4 Å². The van der Waals surface area contributed by atoms with Gasteiger partial charge in [0.25, 0.3) is 23.6 Å². The van der Waals surface area contributed by atoms with Gasteiger partial charge in [0.15, 0.2) is 17.3 Å². The minimum absolute atomic E-state index is 0.0494. The second-order valence-corrected chi connectivity index (χ2v) is 10.6. The Bertz CT molecular complexity index is 2120. The maximum atomic E-state index is 14.4. The number of nitrogens with zero attached hydrogens (tertiary/aromatic N) is 2. The summed E-state index contributed by atoms with van der Waals surface area (Å²) in [6, 6.07) is 15.3. The van der Waals surface area contributed by atoms with Gasteiger partial charge in [0.2, 0.25) is 0 Å². The highest BCUT2D eigenvalue weighted by atomic mass is 19.4. The summed E-state index contributed by atoms with van der Waals surface area (Å²) in [5.74, 6) is -7.54. The number of benzene rings is 4. The number of carbonyl (C=O) groups is 5. The molecule has 4 aromatic carbocycles. The Hall–Kier alpha value is -6.51. The molecule has 2 aliphatic heterocycles. The van der Waals surface area contributed by atoms with Crippen LogP contribution in [0.4, 0.5) is 37.7 Å². The van der Waals surface area contributed by atoms with Gasteiger partial charge in [-0.2, -0.15) is 26.3 Å². The second kappa shape index (κ2) is 12.5. The van der Waals surface area contributed by atoms with E-state index in [0.717, 1.165) is 60.7 Å². The average molecular weight is 693 g/mol. The van der Waals surface area contributed by atoms with Crippen LogP contribution in [0.15, 0.2) is 109 Å². The summed E-state index contributed by atoms with van der Waals surface area (Å²) in [4.78, 5) is 63.2. The maximum Gasteiger partial charge on any atom is 0.420 e. The van der Waals surface area contributed by atoms with E-state index in [1.807, 2.05) is 0 Å². The first kappa shape index (κ1) is 33.4. The number of ketones is 1. The highest BCUT2D eigenvalue weighted by Crippen LogP contribution is 2.47. The monoisotopic (exact) mass is 692 g/mol. The number of carbonyl (C=O) groups excluding carboxylic acids is 5. The van der Waals surface area contributed by atoms with Crippen molar-refractivity contribution in [1.82, 2.24) is 0 Å². The summed E-state index contributed by atoms with van der Waals surface area (Å²) in [5.41, 5.74) is -4.20. The highest BCUT2D eigenvalue weighted by Gasteiger charge is 2.39. The van der Waals surface area contributed by atoms with Crippen molar-refractivity contribution in [2.24, 2.45) is 0 Å². The molecule has 2 aliphatic rings. The van der Waals surface area contributed by atoms with E-state index in [2.05, 4.69) is 0 Å². The molecule has 252 valence electrons. The van der Waals surface area contributed by atoms with Gasteiger partial charge in [0.1, 0.15) is 22.6 Å². The lowest BCUT2D eigenvalue weighted by Gasteiger charge is -2.22. The van der Waals surface area contributed by atoms with Crippen LogP contribution in [0.25, 0.3) is 0 Å². The molecule has 0 radical (unpaired) electrons. The summed E-state index contributed by atoms with van der Waals surface area (Å²) < 4.78 is 97.6. The van der Waals surface area contributed by atoms with Crippen LogP contribution >= 0.6 is 0 Å². The summed E-state index contributed by atoms with van der Waals surface area (Å²) in [7, 11) is 0. The summed E-state index contributed by atoms with van der Waals surface area (Å²) in [5, 5.41) is 0. The van der Waals surface area contributed by atoms with Crippen LogP contribution < -0.4 is 19.3 Å². The predicted octanol–water partition coefficient (Wildman–Crippen LogP) is 7.40. The van der Waals surface area contributed by atoms with Crippen LogP contribution in [0, 0.1) is 0 Å². The molecule has 0 saturated heterocycles. The lowest BCUT2D eigenvalue weighted by atomic mass is 10.0. The number of anilines is 2. The number of imide groups is 2. The number of ether oxygens (including phenoxy) is 2. The number of rotatable bonds is 8. The van der Waals surface area contributed by atoms with E-state index in [9.17, 15) is 50.3 Å². The van der Waals surface area contributed by atoms with E-state index >= 15 is 0 Å². The van der Waals surface area contributed by atoms with Gasteiger partial charge in [0.05, 0.1) is 16.9 Å². The molecule has 6 rings (SSSR count). The average Bonchev–Trinajstić information content (AvgIpc) is 3.59. The molecule has 4 aromatic rings. The van der Waals surface area contributed by atoms with Gasteiger partial charge in [-0.15, -0.1) is 0 Å². The molecule has 9 nitrogen and oxygen atoms in total. The molecule has 0 atom stereocenters. The highest BCUT2D eigenvalue weighted by molar-refractivity contribution is 6.28. The molecule has 0 aromatic heterocycles. The third-order valence-electron chi connectivity index (χ3n) is 7.36. The Morgan fingerprint density at radius 3 is 1.44 bits per heavy atom. The lowest BCUT2D eigenvalue weighted by Crippen LogP contribution is -2.29. The number of hydrogen-bond acceptors (Lipinski definition) is 7.